The van der Waals surface area contributed by atoms with Gasteiger partial charge in [-0.1, -0.05) is 18.2 Å². The molecule has 2 heterocycles. The number of carboxylic acid groups (broad SMARTS) is 1. The van der Waals surface area contributed by atoms with Crippen LogP contribution in [-0.4, -0.2) is 33.5 Å². The molecular formula is C16H13N3O3S. The van der Waals surface area contributed by atoms with Crippen molar-refractivity contribution in [2.45, 2.75) is 6.42 Å². The summed E-state index contributed by atoms with van der Waals surface area (Å²) in [6, 6.07) is 9.74. The van der Waals surface area contributed by atoms with E-state index in [-0.39, 0.29) is 18.9 Å². The molecule has 7 heteroatoms. The Hall–Kier alpha value is -2.80. The quantitative estimate of drug-likeness (QED) is 0.749. The Morgan fingerprint density at radius 1 is 1.22 bits per heavy atom. The van der Waals surface area contributed by atoms with Gasteiger partial charge >= 0.3 is 5.97 Å². The van der Waals surface area contributed by atoms with Crippen LogP contribution in [0.15, 0.2) is 41.9 Å². The monoisotopic (exact) mass is 327 g/mol. The lowest BCUT2D eigenvalue weighted by Gasteiger charge is -2.02. The average Bonchev–Trinajstić information content (AvgIpc) is 3.00. The van der Waals surface area contributed by atoms with Crippen molar-refractivity contribution in [2.75, 3.05) is 6.54 Å². The number of carboxylic acids is 1. The lowest BCUT2D eigenvalue weighted by atomic mass is 10.1. The maximum atomic E-state index is 11.7. The van der Waals surface area contributed by atoms with Gasteiger partial charge in [0, 0.05) is 22.5 Å². The van der Waals surface area contributed by atoms with E-state index in [0.717, 1.165) is 21.5 Å². The first-order chi connectivity index (χ1) is 11.1. The summed E-state index contributed by atoms with van der Waals surface area (Å²) >= 11 is 1.44. The highest BCUT2D eigenvalue weighted by Crippen LogP contribution is 2.29. The molecule has 0 radical (unpaired) electrons. The molecule has 0 aliphatic rings. The van der Waals surface area contributed by atoms with Crippen molar-refractivity contribution in [1.82, 2.24) is 15.3 Å². The highest BCUT2D eigenvalue weighted by Gasteiger charge is 2.12. The summed E-state index contributed by atoms with van der Waals surface area (Å²) in [5.41, 5.74) is 2.40. The van der Waals surface area contributed by atoms with Gasteiger partial charge in [-0.05, 0) is 12.1 Å². The largest absolute Gasteiger partial charge is 0.480 e. The zero-order valence-corrected chi connectivity index (χ0v) is 12.8. The fraction of sp³-hybridized carbons (Fsp3) is 0.125. The molecular weight excluding hydrogens is 314 g/mol. The van der Waals surface area contributed by atoms with Gasteiger partial charge in [0.05, 0.1) is 17.6 Å². The van der Waals surface area contributed by atoms with Crippen LogP contribution < -0.4 is 5.32 Å². The molecule has 6 nitrogen and oxygen atoms in total. The summed E-state index contributed by atoms with van der Waals surface area (Å²) in [5, 5.41) is 14.5. The standard InChI is InChI=1S/C16H13N3O3S/c20-13(18-8-14(21)22)7-11-9-23-16(19-11)12-5-1-3-10-4-2-6-17-15(10)12/h1-6,9H,7-8H2,(H,18,20)(H,21,22). The van der Waals surface area contributed by atoms with E-state index >= 15 is 0 Å². The van der Waals surface area contributed by atoms with Crippen LogP contribution in [0.1, 0.15) is 5.69 Å². The van der Waals surface area contributed by atoms with Gasteiger partial charge in [-0.15, -0.1) is 11.3 Å². The second kappa shape index (κ2) is 6.53. The van der Waals surface area contributed by atoms with Crippen LogP contribution in [0.2, 0.25) is 0 Å². The molecule has 0 aliphatic heterocycles. The van der Waals surface area contributed by atoms with Gasteiger partial charge in [0.2, 0.25) is 5.91 Å². The summed E-state index contributed by atoms with van der Waals surface area (Å²) in [5.74, 6) is -1.43. The first-order valence-corrected chi connectivity index (χ1v) is 7.78. The number of thiazole rings is 1. The van der Waals surface area contributed by atoms with E-state index < -0.39 is 5.97 Å². The summed E-state index contributed by atoms with van der Waals surface area (Å²) in [6.45, 7) is -0.386. The summed E-state index contributed by atoms with van der Waals surface area (Å²) in [6.07, 6.45) is 1.79. The van der Waals surface area contributed by atoms with E-state index in [1.54, 1.807) is 11.6 Å². The van der Waals surface area contributed by atoms with Crippen molar-refractivity contribution in [3.05, 3.63) is 47.6 Å². The lowest BCUT2D eigenvalue weighted by molar-refractivity contribution is -0.137. The second-order valence-corrected chi connectivity index (χ2v) is 5.73. The van der Waals surface area contributed by atoms with Crippen molar-refractivity contribution in [1.29, 1.82) is 0 Å². The van der Waals surface area contributed by atoms with E-state index in [1.807, 2.05) is 30.3 Å². The molecule has 0 aliphatic carbocycles. The van der Waals surface area contributed by atoms with Crippen LogP contribution in [0.25, 0.3) is 21.5 Å². The topological polar surface area (TPSA) is 92.2 Å². The molecule has 0 atom stereocenters. The minimum absolute atomic E-state index is 0.0575. The van der Waals surface area contributed by atoms with Crippen LogP contribution >= 0.6 is 11.3 Å². The lowest BCUT2D eigenvalue weighted by Crippen LogP contribution is -2.30. The predicted octanol–water partition coefficient (Wildman–Crippen LogP) is 2.10. The molecule has 2 aromatic heterocycles. The van der Waals surface area contributed by atoms with Crippen LogP contribution in [0, 0.1) is 0 Å². The second-order valence-electron chi connectivity index (χ2n) is 4.87. The zero-order chi connectivity index (χ0) is 16.2. The number of aromatic nitrogens is 2. The molecule has 1 aromatic carbocycles. The van der Waals surface area contributed by atoms with Gasteiger partial charge in [0.25, 0.3) is 0 Å². The number of rotatable bonds is 5. The first kappa shape index (κ1) is 15.1. The highest BCUT2D eigenvalue weighted by molar-refractivity contribution is 7.13. The minimum Gasteiger partial charge on any atom is -0.480 e. The maximum absolute atomic E-state index is 11.7. The number of nitrogens with zero attached hydrogens (tertiary/aromatic N) is 2. The number of hydrogen-bond acceptors (Lipinski definition) is 5. The summed E-state index contributed by atoms with van der Waals surface area (Å²) < 4.78 is 0. The predicted molar refractivity (Wildman–Crippen MR) is 87.2 cm³/mol. The third-order valence-electron chi connectivity index (χ3n) is 3.19. The van der Waals surface area contributed by atoms with Crippen molar-refractivity contribution in [2.24, 2.45) is 0 Å². The number of aliphatic carboxylic acids is 1. The first-order valence-electron chi connectivity index (χ1n) is 6.90. The minimum atomic E-state index is -1.07. The zero-order valence-electron chi connectivity index (χ0n) is 12.0. The number of para-hydroxylation sites is 1. The normalized spacial score (nSPS) is 10.6. The fourth-order valence-corrected chi connectivity index (χ4v) is 3.04. The van der Waals surface area contributed by atoms with Crippen LogP contribution in [0.3, 0.4) is 0 Å². The van der Waals surface area contributed by atoms with E-state index in [4.69, 9.17) is 5.11 Å². The molecule has 3 aromatic rings. The Kier molecular flexibility index (Phi) is 4.29. The average molecular weight is 327 g/mol. The SMILES string of the molecule is O=C(O)CNC(=O)Cc1csc(-c2cccc3cccnc23)n1. The summed E-state index contributed by atoms with van der Waals surface area (Å²) in [7, 11) is 0. The van der Waals surface area contributed by atoms with Crippen molar-refractivity contribution in [3.63, 3.8) is 0 Å². The molecule has 2 N–H and O–H groups in total. The highest BCUT2D eigenvalue weighted by atomic mass is 32.1. The number of nitrogens with one attached hydrogen (secondary N) is 1. The molecule has 0 saturated heterocycles. The van der Waals surface area contributed by atoms with Gasteiger partial charge in [-0.25, -0.2) is 4.98 Å². The van der Waals surface area contributed by atoms with Crippen LogP contribution in [0.5, 0.6) is 0 Å². The number of benzene rings is 1. The number of pyridine rings is 1. The van der Waals surface area contributed by atoms with Gasteiger partial charge < -0.3 is 10.4 Å². The van der Waals surface area contributed by atoms with Gasteiger partial charge in [0.15, 0.2) is 0 Å². The smallest absolute Gasteiger partial charge is 0.322 e. The molecule has 116 valence electrons. The van der Waals surface area contributed by atoms with Crippen molar-refractivity contribution < 1.29 is 14.7 Å². The van der Waals surface area contributed by atoms with Crippen LogP contribution in [-0.2, 0) is 16.0 Å². The maximum Gasteiger partial charge on any atom is 0.322 e. The third-order valence-corrected chi connectivity index (χ3v) is 4.12. The molecule has 0 spiro atoms. The van der Waals surface area contributed by atoms with Gasteiger partial charge in [-0.2, -0.15) is 0 Å². The number of fused-ring (bicyclic) bond motifs is 1. The molecule has 23 heavy (non-hydrogen) atoms. The Morgan fingerprint density at radius 2 is 2.04 bits per heavy atom. The van der Waals surface area contributed by atoms with Crippen molar-refractivity contribution >= 4 is 34.1 Å². The Labute approximate surface area is 135 Å². The third kappa shape index (κ3) is 3.51. The Balaban J connectivity index is 1.81. The Bertz CT molecular complexity index is 870. The number of hydrogen-bond donors (Lipinski definition) is 2. The van der Waals surface area contributed by atoms with E-state index in [0.29, 0.717) is 5.69 Å². The molecule has 0 fully saturated rings. The summed E-state index contributed by atoms with van der Waals surface area (Å²) in [4.78, 5) is 31.0. The molecule has 1 amide bonds. The molecule has 0 saturated carbocycles. The van der Waals surface area contributed by atoms with E-state index in [1.165, 1.54) is 11.3 Å². The molecule has 3 rings (SSSR count). The van der Waals surface area contributed by atoms with Crippen molar-refractivity contribution in [3.8, 4) is 10.6 Å². The van der Waals surface area contributed by atoms with Gasteiger partial charge in [-0.3, -0.25) is 14.6 Å². The van der Waals surface area contributed by atoms with Gasteiger partial charge in [0.1, 0.15) is 11.6 Å². The number of carbonyl (C=O) groups is 2. The van der Waals surface area contributed by atoms with E-state index in [9.17, 15) is 9.59 Å². The Morgan fingerprint density at radius 3 is 2.87 bits per heavy atom. The number of carbonyl (C=O) groups excluding carboxylic acids is 1. The molecule has 0 unspecified atom stereocenters. The van der Waals surface area contributed by atoms with E-state index in [2.05, 4.69) is 15.3 Å². The fourth-order valence-electron chi connectivity index (χ4n) is 2.19. The van der Waals surface area contributed by atoms with Crippen LogP contribution in [0.4, 0.5) is 0 Å². The number of amides is 1. The molecule has 0 bridgehead atoms.